The first-order valence-corrected chi connectivity index (χ1v) is 9.67. The zero-order valence-electron chi connectivity index (χ0n) is 16.4. The summed E-state index contributed by atoms with van der Waals surface area (Å²) in [7, 11) is 4.98. The molecule has 1 aromatic rings. The maximum Gasteiger partial charge on any atom is 0.203 e. The highest BCUT2D eigenvalue weighted by Gasteiger charge is 2.22. The number of nitrogens with one attached hydrogen (secondary N) is 1. The Kier molecular flexibility index (Phi) is 7.00. The van der Waals surface area contributed by atoms with Crippen LogP contribution in [0.15, 0.2) is 12.1 Å². The first-order valence-electron chi connectivity index (χ1n) is 9.67. The molecule has 2 aliphatic rings. The lowest BCUT2D eigenvalue weighted by molar-refractivity contribution is 0.107. The van der Waals surface area contributed by atoms with Crippen molar-refractivity contribution in [3.8, 4) is 17.2 Å². The van der Waals surface area contributed by atoms with E-state index in [2.05, 4.69) is 27.2 Å². The minimum absolute atomic E-state index is 0.658. The fraction of sp³-hybridized carbons (Fsp3) is 0.700. The van der Waals surface area contributed by atoms with Crippen LogP contribution in [0, 0.1) is 5.92 Å². The number of methoxy groups -OCH3 is 3. The number of nitrogens with zero attached hydrogens (tertiary/aromatic N) is 2. The zero-order valence-corrected chi connectivity index (χ0v) is 16.4. The molecule has 0 radical (unpaired) electrons. The van der Waals surface area contributed by atoms with Crippen molar-refractivity contribution in [3.63, 3.8) is 0 Å². The Morgan fingerprint density at radius 2 is 1.46 bits per heavy atom. The maximum atomic E-state index is 5.47. The third-order valence-electron chi connectivity index (χ3n) is 5.57. The number of hydrogen-bond acceptors (Lipinski definition) is 6. The molecule has 0 unspecified atom stereocenters. The van der Waals surface area contributed by atoms with Crippen LogP contribution in [0.1, 0.15) is 18.4 Å². The van der Waals surface area contributed by atoms with Gasteiger partial charge in [0.1, 0.15) is 0 Å². The number of rotatable bonds is 7. The van der Waals surface area contributed by atoms with Crippen molar-refractivity contribution in [2.45, 2.75) is 19.4 Å². The lowest BCUT2D eigenvalue weighted by Crippen LogP contribution is -2.48. The number of piperidine rings is 1. The third kappa shape index (κ3) is 4.81. The minimum atomic E-state index is 0.658. The van der Waals surface area contributed by atoms with Gasteiger partial charge < -0.3 is 24.4 Å². The summed E-state index contributed by atoms with van der Waals surface area (Å²) in [5, 5.41) is 3.46. The highest BCUT2D eigenvalue weighted by molar-refractivity contribution is 5.53. The molecule has 1 aromatic carbocycles. The molecule has 26 heavy (non-hydrogen) atoms. The quantitative estimate of drug-likeness (QED) is 0.798. The minimum Gasteiger partial charge on any atom is -0.493 e. The molecule has 2 saturated heterocycles. The zero-order chi connectivity index (χ0) is 18.4. The van der Waals surface area contributed by atoms with Crippen molar-refractivity contribution in [2.24, 2.45) is 5.92 Å². The van der Waals surface area contributed by atoms with Gasteiger partial charge in [-0.2, -0.15) is 0 Å². The first kappa shape index (κ1) is 19.3. The van der Waals surface area contributed by atoms with E-state index >= 15 is 0 Å². The Hall–Kier alpha value is -1.50. The SMILES string of the molecule is COc1cc(CN2CCN(CC3CCNCC3)CC2)cc(OC)c1OC. The predicted octanol–water partition coefficient (Wildman–Crippen LogP) is 1.83. The van der Waals surface area contributed by atoms with E-state index in [1.807, 2.05) is 0 Å². The van der Waals surface area contributed by atoms with E-state index in [0.29, 0.717) is 5.75 Å². The van der Waals surface area contributed by atoms with E-state index in [1.165, 1.54) is 38.0 Å². The highest BCUT2D eigenvalue weighted by atomic mass is 16.5. The van der Waals surface area contributed by atoms with Crippen LogP contribution in [0.3, 0.4) is 0 Å². The van der Waals surface area contributed by atoms with Crippen molar-refractivity contribution < 1.29 is 14.2 Å². The van der Waals surface area contributed by atoms with E-state index in [9.17, 15) is 0 Å². The summed E-state index contributed by atoms with van der Waals surface area (Å²) in [6.45, 7) is 9.10. The van der Waals surface area contributed by atoms with Crippen LogP contribution in [0.2, 0.25) is 0 Å². The Morgan fingerprint density at radius 3 is 2.00 bits per heavy atom. The first-order chi connectivity index (χ1) is 12.7. The number of ether oxygens (including phenoxy) is 3. The van der Waals surface area contributed by atoms with Crippen LogP contribution < -0.4 is 19.5 Å². The molecule has 0 amide bonds. The van der Waals surface area contributed by atoms with Gasteiger partial charge in [0.25, 0.3) is 0 Å². The van der Waals surface area contributed by atoms with Gasteiger partial charge in [0.2, 0.25) is 5.75 Å². The predicted molar refractivity (Wildman–Crippen MR) is 103 cm³/mol. The van der Waals surface area contributed by atoms with Gasteiger partial charge >= 0.3 is 0 Å². The van der Waals surface area contributed by atoms with Crippen molar-refractivity contribution in [1.29, 1.82) is 0 Å². The lowest BCUT2D eigenvalue weighted by atomic mass is 9.97. The normalized spacial score (nSPS) is 20.1. The summed E-state index contributed by atoms with van der Waals surface area (Å²) in [5.41, 5.74) is 1.20. The van der Waals surface area contributed by atoms with Crippen LogP contribution in [-0.4, -0.2) is 76.9 Å². The van der Waals surface area contributed by atoms with Crippen LogP contribution in [-0.2, 0) is 6.54 Å². The monoisotopic (exact) mass is 363 g/mol. The largest absolute Gasteiger partial charge is 0.493 e. The summed E-state index contributed by atoms with van der Waals surface area (Å²) < 4.78 is 16.4. The number of piperazine rings is 1. The summed E-state index contributed by atoms with van der Waals surface area (Å²) >= 11 is 0. The molecule has 6 nitrogen and oxygen atoms in total. The molecule has 0 atom stereocenters. The van der Waals surface area contributed by atoms with E-state index < -0.39 is 0 Å². The van der Waals surface area contributed by atoms with E-state index in [4.69, 9.17) is 14.2 Å². The molecule has 2 fully saturated rings. The van der Waals surface area contributed by atoms with Gasteiger partial charge in [-0.05, 0) is 49.5 Å². The molecule has 2 aliphatic heterocycles. The van der Waals surface area contributed by atoms with Crippen molar-refractivity contribution in [3.05, 3.63) is 17.7 Å². The van der Waals surface area contributed by atoms with Crippen LogP contribution in [0.25, 0.3) is 0 Å². The molecular weight excluding hydrogens is 330 g/mol. The average molecular weight is 364 g/mol. The molecule has 3 rings (SSSR count). The second-order valence-electron chi connectivity index (χ2n) is 7.30. The fourth-order valence-corrected chi connectivity index (χ4v) is 4.04. The maximum absolute atomic E-state index is 5.47. The topological polar surface area (TPSA) is 46.2 Å². The van der Waals surface area contributed by atoms with Crippen molar-refractivity contribution in [2.75, 3.05) is 67.1 Å². The van der Waals surface area contributed by atoms with Gasteiger partial charge in [-0.25, -0.2) is 0 Å². The van der Waals surface area contributed by atoms with Crippen LogP contribution >= 0.6 is 0 Å². The molecule has 0 bridgehead atoms. The molecule has 0 spiro atoms. The smallest absolute Gasteiger partial charge is 0.203 e. The lowest BCUT2D eigenvalue weighted by Gasteiger charge is -2.37. The Balaban J connectivity index is 1.54. The molecule has 0 aliphatic carbocycles. The van der Waals surface area contributed by atoms with Gasteiger partial charge in [0.15, 0.2) is 11.5 Å². The standard InChI is InChI=1S/C20H33N3O3/c1-24-18-12-17(13-19(25-2)20(18)26-3)15-23-10-8-22(9-11-23)14-16-4-6-21-7-5-16/h12-13,16,21H,4-11,14-15H2,1-3H3. The third-order valence-corrected chi connectivity index (χ3v) is 5.57. The van der Waals surface area contributed by atoms with Gasteiger partial charge in [-0.1, -0.05) is 0 Å². The molecule has 2 heterocycles. The summed E-state index contributed by atoms with van der Waals surface area (Å²) in [6, 6.07) is 4.12. The van der Waals surface area contributed by atoms with Gasteiger partial charge in [0.05, 0.1) is 21.3 Å². The van der Waals surface area contributed by atoms with Gasteiger partial charge in [-0.3, -0.25) is 4.90 Å². The summed E-state index contributed by atoms with van der Waals surface area (Å²) in [6.07, 6.45) is 2.65. The summed E-state index contributed by atoms with van der Waals surface area (Å²) in [4.78, 5) is 5.15. The second kappa shape index (κ2) is 9.44. The molecule has 0 aromatic heterocycles. The van der Waals surface area contributed by atoms with Gasteiger partial charge in [0, 0.05) is 39.3 Å². The average Bonchev–Trinajstić information content (AvgIpc) is 2.69. The Labute approximate surface area is 157 Å². The fourth-order valence-electron chi connectivity index (χ4n) is 4.04. The van der Waals surface area contributed by atoms with Crippen molar-refractivity contribution in [1.82, 2.24) is 15.1 Å². The second-order valence-corrected chi connectivity index (χ2v) is 7.30. The van der Waals surface area contributed by atoms with E-state index in [0.717, 1.165) is 50.1 Å². The molecular formula is C20H33N3O3. The number of benzene rings is 1. The number of hydrogen-bond donors (Lipinski definition) is 1. The summed E-state index contributed by atoms with van der Waals surface area (Å²) in [5.74, 6) is 2.99. The molecule has 146 valence electrons. The molecule has 6 heteroatoms. The van der Waals surface area contributed by atoms with Gasteiger partial charge in [-0.15, -0.1) is 0 Å². The molecule has 0 saturated carbocycles. The Bertz CT molecular complexity index is 542. The van der Waals surface area contributed by atoms with Crippen LogP contribution in [0.5, 0.6) is 17.2 Å². The Morgan fingerprint density at radius 1 is 0.885 bits per heavy atom. The molecule has 1 N–H and O–H groups in total. The van der Waals surface area contributed by atoms with Crippen molar-refractivity contribution >= 4 is 0 Å². The van der Waals surface area contributed by atoms with E-state index in [1.54, 1.807) is 21.3 Å². The highest BCUT2D eigenvalue weighted by Crippen LogP contribution is 2.38. The van der Waals surface area contributed by atoms with Crippen LogP contribution in [0.4, 0.5) is 0 Å². The van der Waals surface area contributed by atoms with E-state index in [-0.39, 0.29) is 0 Å².